The summed E-state index contributed by atoms with van der Waals surface area (Å²) in [5.41, 5.74) is 8.10. The SMILES string of the molecule is Nc1cc(-c2c3ccoc3c(O)c3ccoc23)[nH]n1. The molecule has 3 aromatic heterocycles. The number of furan rings is 2. The van der Waals surface area contributed by atoms with E-state index in [1.54, 1.807) is 18.2 Å². The van der Waals surface area contributed by atoms with Crippen molar-refractivity contribution in [3.05, 3.63) is 30.7 Å². The second-order valence-corrected chi connectivity index (χ2v) is 4.26. The van der Waals surface area contributed by atoms with E-state index in [-0.39, 0.29) is 5.75 Å². The van der Waals surface area contributed by atoms with Gasteiger partial charge in [-0.3, -0.25) is 5.10 Å². The Morgan fingerprint density at radius 2 is 1.84 bits per heavy atom. The second-order valence-electron chi connectivity index (χ2n) is 4.26. The van der Waals surface area contributed by atoms with Gasteiger partial charge in [0.2, 0.25) is 0 Å². The number of nitrogens with one attached hydrogen (secondary N) is 1. The zero-order valence-corrected chi connectivity index (χ0v) is 9.68. The van der Waals surface area contributed by atoms with Gasteiger partial charge >= 0.3 is 0 Å². The van der Waals surface area contributed by atoms with E-state index in [2.05, 4.69) is 10.2 Å². The Hall–Kier alpha value is -2.89. The number of nitrogen functional groups attached to an aromatic ring is 1. The Kier molecular flexibility index (Phi) is 1.76. The van der Waals surface area contributed by atoms with Gasteiger partial charge in [0.15, 0.2) is 11.3 Å². The summed E-state index contributed by atoms with van der Waals surface area (Å²) in [6.45, 7) is 0. The molecule has 0 saturated heterocycles. The topological polar surface area (TPSA) is 101 Å². The molecule has 0 radical (unpaired) electrons. The molecule has 0 unspecified atom stereocenters. The number of H-pyrrole nitrogens is 1. The number of nitrogens with zero attached hydrogens (tertiary/aromatic N) is 1. The minimum absolute atomic E-state index is 0.0694. The second kappa shape index (κ2) is 3.32. The van der Waals surface area contributed by atoms with Crippen molar-refractivity contribution in [2.45, 2.75) is 0 Å². The lowest BCUT2D eigenvalue weighted by Crippen LogP contribution is -1.82. The molecule has 0 atom stereocenters. The van der Waals surface area contributed by atoms with Gasteiger partial charge in [0, 0.05) is 11.5 Å². The molecule has 0 amide bonds. The number of hydrogen-bond acceptors (Lipinski definition) is 5. The first kappa shape index (κ1) is 10.1. The fourth-order valence-corrected chi connectivity index (χ4v) is 2.36. The van der Waals surface area contributed by atoms with E-state index in [4.69, 9.17) is 14.6 Å². The normalized spacial score (nSPS) is 11.6. The van der Waals surface area contributed by atoms with Gasteiger partial charge in [-0.15, -0.1) is 0 Å². The van der Waals surface area contributed by atoms with Crippen LogP contribution in [0.1, 0.15) is 0 Å². The van der Waals surface area contributed by atoms with Gasteiger partial charge < -0.3 is 19.7 Å². The summed E-state index contributed by atoms with van der Waals surface area (Å²) in [6, 6.07) is 5.17. The molecule has 94 valence electrons. The van der Waals surface area contributed by atoms with Gasteiger partial charge in [-0.1, -0.05) is 0 Å². The molecule has 6 heteroatoms. The molecule has 4 rings (SSSR count). The molecule has 0 aliphatic heterocycles. The van der Waals surface area contributed by atoms with Crippen molar-refractivity contribution in [3.8, 4) is 17.0 Å². The fraction of sp³-hybridized carbons (Fsp3) is 0. The van der Waals surface area contributed by atoms with Crippen molar-refractivity contribution in [1.29, 1.82) is 0 Å². The number of phenols is 1. The number of rotatable bonds is 1. The van der Waals surface area contributed by atoms with Crippen LogP contribution in [0.2, 0.25) is 0 Å². The van der Waals surface area contributed by atoms with Crippen molar-refractivity contribution >= 4 is 27.8 Å². The van der Waals surface area contributed by atoms with Crippen LogP contribution in [0.4, 0.5) is 5.82 Å². The zero-order valence-electron chi connectivity index (χ0n) is 9.68. The van der Waals surface area contributed by atoms with Crippen LogP contribution in [0.3, 0.4) is 0 Å². The number of hydrogen-bond donors (Lipinski definition) is 3. The predicted octanol–water partition coefficient (Wildman–Crippen LogP) is 2.86. The summed E-state index contributed by atoms with van der Waals surface area (Å²) < 4.78 is 10.8. The standard InChI is InChI=1S/C13H9N3O3/c14-9-5-8(15-16-9)10-6-1-3-19-13(6)11(17)7-2-4-18-12(7)10/h1-5,17H,(H3,14,15,16). The molecule has 0 bridgehead atoms. The smallest absolute Gasteiger partial charge is 0.177 e. The highest BCUT2D eigenvalue weighted by atomic mass is 16.4. The Labute approximate surface area is 106 Å². The van der Waals surface area contributed by atoms with E-state index in [1.165, 1.54) is 12.5 Å². The third-order valence-corrected chi connectivity index (χ3v) is 3.16. The molecular formula is C13H9N3O3. The lowest BCUT2D eigenvalue weighted by atomic mass is 10.0. The van der Waals surface area contributed by atoms with Crippen LogP contribution >= 0.6 is 0 Å². The Bertz CT molecular complexity index is 849. The van der Waals surface area contributed by atoms with E-state index < -0.39 is 0 Å². The first-order valence-corrected chi connectivity index (χ1v) is 5.66. The van der Waals surface area contributed by atoms with Crippen molar-refractivity contribution in [2.75, 3.05) is 5.73 Å². The van der Waals surface area contributed by atoms with Gasteiger partial charge in [0.25, 0.3) is 0 Å². The van der Waals surface area contributed by atoms with Crippen LogP contribution in [-0.4, -0.2) is 15.3 Å². The molecule has 6 nitrogen and oxygen atoms in total. The fourth-order valence-electron chi connectivity index (χ4n) is 2.36. The van der Waals surface area contributed by atoms with E-state index in [0.29, 0.717) is 28.1 Å². The summed E-state index contributed by atoms with van der Waals surface area (Å²) in [6.07, 6.45) is 3.04. The van der Waals surface area contributed by atoms with E-state index >= 15 is 0 Å². The van der Waals surface area contributed by atoms with Crippen molar-refractivity contribution in [3.63, 3.8) is 0 Å². The summed E-state index contributed by atoms with van der Waals surface area (Å²) in [7, 11) is 0. The maximum atomic E-state index is 10.2. The van der Waals surface area contributed by atoms with E-state index in [0.717, 1.165) is 10.9 Å². The van der Waals surface area contributed by atoms with Gasteiger partial charge in [-0.05, 0) is 12.1 Å². The number of aromatic hydroxyl groups is 1. The summed E-state index contributed by atoms with van der Waals surface area (Å²) in [4.78, 5) is 0. The lowest BCUT2D eigenvalue weighted by Gasteiger charge is -2.03. The Morgan fingerprint density at radius 1 is 1.11 bits per heavy atom. The molecule has 4 aromatic rings. The highest BCUT2D eigenvalue weighted by Crippen LogP contribution is 2.43. The summed E-state index contributed by atoms with van der Waals surface area (Å²) in [5, 5.41) is 18.3. The molecule has 0 fully saturated rings. The number of anilines is 1. The van der Waals surface area contributed by atoms with Crippen LogP contribution in [0.5, 0.6) is 5.75 Å². The van der Waals surface area contributed by atoms with Crippen LogP contribution in [0.25, 0.3) is 33.2 Å². The number of fused-ring (bicyclic) bond motifs is 2. The number of phenolic OH excluding ortho intramolecular Hbond substituents is 1. The van der Waals surface area contributed by atoms with Crippen LogP contribution in [0.15, 0.2) is 39.6 Å². The van der Waals surface area contributed by atoms with Crippen molar-refractivity contribution < 1.29 is 13.9 Å². The average Bonchev–Trinajstić information content (AvgIpc) is 3.09. The molecule has 0 spiro atoms. The lowest BCUT2D eigenvalue weighted by molar-refractivity contribution is 0.470. The molecule has 19 heavy (non-hydrogen) atoms. The monoisotopic (exact) mass is 255 g/mol. The largest absolute Gasteiger partial charge is 0.504 e. The number of benzene rings is 1. The highest BCUT2D eigenvalue weighted by Gasteiger charge is 2.20. The minimum Gasteiger partial charge on any atom is -0.504 e. The summed E-state index contributed by atoms with van der Waals surface area (Å²) in [5.74, 6) is 0.458. The molecule has 1 aromatic carbocycles. The number of nitrogens with two attached hydrogens (primary N) is 1. The molecule has 4 N–H and O–H groups in total. The molecule has 0 aliphatic rings. The van der Waals surface area contributed by atoms with E-state index in [1.807, 2.05) is 0 Å². The first-order valence-electron chi connectivity index (χ1n) is 5.66. The van der Waals surface area contributed by atoms with Crippen LogP contribution in [-0.2, 0) is 0 Å². The molecule has 0 aliphatic carbocycles. The van der Waals surface area contributed by atoms with Gasteiger partial charge in [-0.2, -0.15) is 5.10 Å². The minimum atomic E-state index is 0.0694. The van der Waals surface area contributed by atoms with Gasteiger partial charge in [0.1, 0.15) is 11.4 Å². The summed E-state index contributed by atoms with van der Waals surface area (Å²) >= 11 is 0. The Balaban J connectivity index is 2.24. The van der Waals surface area contributed by atoms with Crippen molar-refractivity contribution in [2.24, 2.45) is 0 Å². The zero-order chi connectivity index (χ0) is 13.0. The maximum Gasteiger partial charge on any atom is 0.177 e. The average molecular weight is 255 g/mol. The molecule has 3 heterocycles. The molecule has 0 saturated carbocycles. The highest BCUT2D eigenvalue weighted by molar-refractivity contribution is 6.12. The maximum absolute atomic E-state index is 10.2. The van der Waals surface area contributed by atoms with Gasteiger partial charge in [-0.25, -0.2) is 0 Å². The third-order valence-electron chi connectivity index (χ3n) is 3.16. The van der Waals surface area contributed by atoms with Crippen LogP contribution < -0.4 is 5.73 Å². The van der Waals surface area contributed by atoms with Gasteiger partial charge in [0.05, 0.1) is 29.2 Å². The van der Waals surface area contributed by atoms with E-state index in [9.17, 15) is 5.11 Å². The number of aromatic nitrogens is 2. The van der Waals surface area contributed by atoms with Crippen LogP contribution in [0, 0.1) is 0 Å². The third kappa shape index (κ3) is 1.22. The molecular weight excluding hydrogens is 246 g/mol. The number of aromatic amines is 1. The van der Waals surface area contributed by atoms with Crippen molar-refractivity contribution in [1.82, 2.24) is 10.2 Å². The first-order chi connectivity index (χ1) is 9.25. The quantitative estimate of drug-likeness (QED) is 0.485. The Morgan fingerprint density at radius 3 is 2.58 bits per heavy atom. The predicted molar refractivity (Wildman–Crippen MR) is 69.6 cm³/mol.